The number of anilines is 1. The Bertz CT molecular complexity index is 788. The van der Waals surface area contributed by atoms with Crippen molar-refractivity contribution < 1.29 is 19.1 Å². The molecule has 0 heterocycles. The first-order chi connectivity index (χ1) is 12.0. The molecule has 0 aliphatic carbocycles. The largest absolute Gasteiger partial charge is 0.495 e. The molecule has 0 radical (unpaired) electrons. The van der Waals surface area contributed by atoms with E-state index in [2.05, 4.69) is 5.32 Å². The predicted molar refractivity (Wildman–Crippen MR) is 98.1 cm³/mol. The van der Waals surface area contributed by atoms with Gasteiger partial charge in [-0.2, -0.15) is 0 Å². The lowest BCUT2D eigenvalue weighted by atomic mass is 10.2. The lowest BCUT2D eigenvalue weighted by molar-refractivity contribution is -0.142. The Morgan fingerprint density at radius 3 is 2.44 bits per heavy atom. The average molecular weight is 380 g/mol. The van der Waals surface area contributed by atoms with Gasteiger partial charge in [-0.25, -0.2) is 4.79 Å². The highest BCUT2D eigenvalue weighted by Crippen LogP contribution is 2.27. The third-order valence-corrected chi connectivity index (χ3v) is 3.55. The van der Waals surface area contributed by atoms with Gasteiger partial charge in [0, 0.05) is 16.1 Å². The number of ether oxygens (including phenoxy) is 2. The molecule has 2 aromatic carbocycles. The Morgan fingerprint density at radius 1 is 1.08 bits per heavy atom. The van der Waals surface area contributed by atoms with Crippen molar-refractivity contribution in [3.05, 3.63) is 64.1 Å². The Hall–Kier alpha value is -2.50. The summed E-state index contributed by atoms with van der Waals surface area (Å²) in [6.07, 6.45) is 2.80. The molecule has 2 rings (SSSR count). The monoisotopic (exact) mass is 379 g/mol. The van der Waals surface area contributed by atoms with E-state index in [0.29, 0.717) is 21.5 Å². The van der Waals surface area contributed by atoms with Crippen LogP contribution in [0, 0.1) is 0 Å². The molecule has 0 saturated carbocycles. The molecule has 0 aliphatic rings. The second kappa shape index (κ2) is 9.11. The molecule has 0 spiro atoms. The van der Waals surface area contributed by atoms with Crippen LogP contribution in [0.4, 0.5) is 5.69 Å². The van der Waals surface area contributed by atoms with Crippen molar-refractivity contribution in [2.24, 2.45) is 0 Å². The van der Waals surface area contributed by atoms with Crippen LogP contribution < -0.4 is 10.1 Å². The van der Waals surface area contributed by atoms with Gasteiger partial charge >= 0.3 is 5.97 Å². The van der Waals surface area contributed by atoms with E-state index in [0.717, 1.165) is 5.56 Å². The van der Waals surface area contributed by atoms with Gasteiger partial charge in [-0.15, -0.1) is 0 Å². The van der Waals surface area contributed by atoms with Crippen molar-refractivity contribution in [1.29, 1.82) is 0 Å². The number of carbonyl (C=O) groups is 2. The van der Waals surface area contributed by atoms with E-state index in [9.17, 15) is 9.59 Å². The van der Waals surface area contributed by atoms with Gasteiger partial charge < -0.3 is 14.8 Å². The van der Waals surface area contributed by atoms with E-state index in [1.54, 1.807) is 48.5 Å². The van der Waals surface area contributed by atoms with Gasteiger partial charge in [0.05, 0.1) is 12.8 Å². The number of benzene rings is 2. The standard InChI is InChI=1S/C18H15Cl2NO4/c1-24-16-8-7-14(20)10-15(16)21-17(22)11-25-18(23)9-4-12-2-5-13(19)6-3-12/h2-10H,11H2,1H3,(H,21,22)/b9-4+. The first kappa shape index (κ1) is 18.8. The number of hydrogen-bond acceptors (Lipinski definition) is 4. The Morgan fingerprint density at radius 2 is 1.76 bits per heavy atom. The minimum absolute atomic E-state index is 0.396. The molecule has 5 nitrogen and oxygen atoms in total. The number of hydrogen-bond donors (Lipinski definition) is 1. The van der Waals surface area contributed by atoms with Crippen LogP contribution in [0.25, 0.3) is 6.08 Å². The SMILES string of the molecule is COc1ccc(Cl)cc1NC(=O)COC(=O)/C=C/c1ccc(Cl)cc1. The lowest BCUT2D eigenvalue weighted by Crippen LogP contribution is -2.20. The minimum atomic E-state index is -0.636. The maximum atomic E-state index is 11.9. The van der Waals surface area contributed by atoms with Crippen molar-refractivity contribution in [2.75, 3.05) is 19.0 Å². The Kier molecular flexibility index (Phi) is 6.86. The highest BCUT2D eigenvalue weighted by Gasteiger charge is 2.10. The van der Waals surface area contributed by atoms with E-state index in [-0.39, 0.29) is 0 Å². The van der Waals surface area contributed by atoms with E-state index in [4.69, 9.17) is 32.7 Å². The van der Waals surface area contributed by atoms with Crippen molar-refractivity contribution in [2.45, 2.75) is 0 Å². The molecule has 0 unspecified atom stereocenters. The van der Waals surface area contributed by atoms with E-state index >= 15 is 0 Å². The van der Waals surface area contributed by atoms with Crippen LogP contribution in [-0.2, 0) is 14.3 Å². The molecule has 0 saturated heterocycles. The maximum absolute atomic E-state index is 11.9. The van der Waals surface area contributed by atoms with Gasteiger partial charge in [-0.05, 0) is 42.0 Å². The average Bonchev–Trinajstić information content (AvgIpc) is 2.59. The van der Waals surface area contributed by atoms with Gasteiger partial charge in [-0.3, -0.25) is 4.79 Å². The summed E-state index contributed by atoms with van der Waals surface area (Å²) in [7, 11) is 1.47. The highest BCUT2D eigenvalue weighted by molar-refractivity contribution is 6.31. The van der Waals surface area contributed by atoms with Crippen LogP contribution in [-0.4, -0.2) is 25.6 Å². The Labute approximate surface area is 155 Å². The summed E-state index contributed by atoms with van der Waals surface area (Å²) in [6, 6.07) is 11.7. The summed E-state index contributed by atoms with van der Waals surface area (Å²) < 4.78 is 10.0. The fraction of sp³-hybridized carbons (Fsp3) is 0.111. The number of amides is 1. The van der Waals surface area contributed by atoms with Gasteiger partial charge in [-0.1, -0.05) is 35.3 Å². The minimum Gasteiger partial charge on any atom is -0.495 e. The predicted octanol–water partition coefficient (Wildman–Crippen LogP) is 4.20. The first-order valence-electron chi connectivity index (χ1n) is 7.22. The van der Waals surface area contributed by atoms with Crippen LogP contribution in [0.1, 0.15) is 5.56 Å². The van der Waals surface area contributed by atoms with Crippen molar-refractivity contribution in [1.82, 2.24) is 0 Å². The Balaban J connectivity index is 1.86. The lowest BCUT2D eigenvalue weighted by Gasteiger charge is -2.10. The highest BCUT2D eigenvalue weighted by atomic mass is 35.5. The summed E-state index contributed by atoms with van der Waals surface area (Å²) >= 11 is 11.7. The molecular weight excluding hydrogens is 365 g/mol. The molecule has 0 aromatic heterocycles. The van der Waals surface area contributed by atoms with Gasteiger partial charge in [0.2, 0.25) is 0 Å². The normalized spacial score (nSPS) is 10.5. The number of rotatable bonds is 6. The van der Waals surface area contributed by atoms with Crippen LogP contribution in [0.3, 0.4) is 0 Å². The van der Waals surface area contributed by atoms with Crippen molar-refractivity contribution in [3.63, 3.8) is 0 Å². The summed E-state index contributed by atoms with van der Waals surface area (Å²) in [4.78, 5) is 23.5. The van der Waals surface area contributed by atoms with Gasteiger partial charge in [0.1, 0.15) is 5.75 Å². The number of carbonyl (C=O) groups excluding carboxylic acids is 2. The molecule has 0 bridgehead atoms. The van der Waals surface area contributed by atoms with E-state index in [1.807, 2.05) is 0 Å². The molecule has 1 amide bonds. The summed E-state index contributed by atoms with van der Waals surface area (Å²) in [6.45, 7) is -0.431. The molecule has 130 valence electrons. The van der Waals surface area contributed by atoms with Crippen LogP contribution >= 0.6 is 23.2 Å². The smallest absolute Gasteiger partial charge is 0.331 e. The molecule has 7 heteroatoms. The molecule has 0 fully saturated rings. The van der Waals surface area contributed by atoms with Crippen molar-refractivity contribution in [3.8, 4) is 5.75 Å². The summed E-state index contributed by atoms with van der Waals surface area (Å²) in [5.41, 5.74) is 1.18. The number of esters is 1. The number of halogens is 2. The molecule has 1 N–H and O–H groups in total. The molecular formula is C18H15Cl2NO4. The zero-order chi connectivity index (χ0) is 18.2. The first-order valence-corrected chi connectivity index (χ1v) is 7.97. The van der Waals surface area contributed by atoms with Crippen LogP contribution in [0.15, 0.2) is 48.5 Å². The molecule has 0 aliphatic heterocycles. The quantitative estimate of drug-likeness (QED) is 0.603. The molecule has 25 heavy (non-hydrogen) atoms. The maximum Gasteiger partial charge on any atom is 0.331 e. The third-order valence-electron chi connectivity index (χ3n) is 3.06. The van der Waals surface area contributed by atoms with Crippen molar-refractivity contribution >= 4 is 46.8 Å². The number of methoxy groups -OCH3 is 1. The summed E-state index contributed by atoms with van der Waals surface area (Å²) in [5, 5.41) is 3.62. The fourth-order valence-electron chi connectivity index (χ4n) is 1.89. The second-order valence-electron chi connectivity index (χ2n) is 4.89. The summed E-state index contributed by atoms with van der Waals surface area (Å²) in [5.74, 6) is -0.691. The number of nitrogens with one attached hydrogen (secondary N) is 1. The van der Waals surface area contributed by atoms with Crippen LogP contribution in [0.5, 0.6) is 5.75 Å². The fourth-order valence-corrected chi connectivity index (χ4v) is 2.19. The van der Waals surface area contributed by atoms with E-state index < -0.39 is 18.5 Å². The second-order valence-corrected chi connectivity index (χ2v) is 5.76. The third kappa shape index (κ3) is 6.14. The zero-order valence-corrected chi connectivity index (χ0v) is 14.8. The van der Waals surface area contributed by atoms with Crippen LogP contribution in [0.2, 0.25) is 10.0 Å². The van der Waals surface area contributed by atoms with Gasteiger partial charge in [0.25, 0.3) is 5.91 Å². The topological polar surface area (TPSA) is 64.6 Å². The zero-order valence-electron chi connectivity index (χ0n) is 13.3. The molecule has 0 atom stereocenters. The van der Waals surface area contributed by atoms with Gasteiger partial charge in [0.15, 0.2) is 6.61 Å². The van der Waals surface area contributed by atoms with E-state index in [1.165, 1.54) is 13.2 Å². The molecule has 2 aromatic rings.